The summed E-state index contributed by atoms with van der Waals surface area (Å²) in [5, 5.41) is 11.0. The lowest BCUT2D eigenvalue weighted by molar-refractivity contribution is -0.149. The Labute approximate surface area is 219 Å². The third-order valence-corrected chi connectivity index (χ3v) is 5.53. The van der Waals surface area contributed by atoms with Gasteiger partial charge in [0.15, 0.2) is 0 Å². The van der Waals surface area contributed by atoms with Crippen LogP contribution in [0.15, 0.2) is 48.6 Å². The summed E-state index contributed by atoms with van der Waals surface area (Å²) in [5.74, 6) is -1.42. The fourth-order valence-electron chi connectivity index (χ4n) is 3.52. The molecule has 36 heavy (non-hydrogen) atoms. The Morgan fingerprint density at radius 2 is 1.33 bits per heavy atom. The van der Waals surface area contributed by atoms with Crippen molar-refractivity contribution in [3.05, 3.63) is 48.6 Å². The van der Waals surface area contributed by atoms with Crippen LogP contribution in [0.25, 0.3) is 0 Å². The molecule has 0 aliphatic carbocycles. The van der Waals surface area contributed by atoms with Gasteiger partial charge in [-0.3, -0.25) is 14.4 Å². The maximum absolute atomic E-state index is 12.3. The Kier molecular flexibility index (Phi) is 23.6. The maximum Gasteiger partial charge on any atom is 0.322 e. The van der Waals surface area contributed by atoms with E-state index in [0.29, 0.717) is 25.7 Å². The Morgan fingerprint density at radius 3 is 1.92 bits per heavy atom. The van der Waals surface area contributed by atoms with Gasteiger partial charge in [-0.2, -0.15) is 0 Å². The standard InChI is InChI=1S/C30H49NO5/c1-3-5-7-8-9-10-11-12-13-14-15-16-21-25-30(35)36-27(22-18-6-4-2)23-19-17-20-24-28(32)31-26-29(33)34/h5,7,9-10,12-13,15-16,27H,3-4,6,8,11,14,17-26H2,1-2H3,(H,31,32)(H,33,34)/b7-5-,10-9-,13-12-,16-15-. The number of carbonyl (C=O) groups excluding carboxylic acids is 2. The average Bonchev–Trinajstić information content (AvgIpc) is 2.85. The second-order valence-corrected chi connectivity index (χ2v) is 8.92. The molecule has 0 saturated heterocycles. The van der Waals surface area contributed by atoms with E-state index in [1.807, 2.05) is 6.08 Å². The minimum Gasteiger partial charge on any atom is -0.480 e. The normalized spacial score (nSPS) is 12.7. The number of allylic oxidation sites excluding steroid dienone is 8. The van der Waals surface area contributed by atoms with Crippen molar-refractivity contribution in [3.8, 4) is 0 Å². The lowest BCUT2D eigenvalue weighted by Gasteiger charge is -2.18. The van der Waals surface area contributed by atoms with E-state index in [2.05, 4.69) is 61.7 Å². The summed E-state index contributed by atoms with van der Waals surface area (Å²) in [6.45, 7) is 3.95. The van der Waals surface area contributed by atoms with Gasteiger partial charge in [-0.05, 0) is 64.2 Å². The molecule has 6 heteroatoms. The van der Waals surface area contributed by atoms with Gasteiger partial charge in [0.05, 0.1) is 0 Å². The van der Waals surface area contributed by atoms with Crippen molar-refractivity contribution in [1.82, 2.24) is 5.32 Å². The zero-order chi connectivity index (χ0) is 26.7. The molecule has 0 aromatic carbocycles. The van der Waals surface area contributed by atoms with E-state index in [1.54, 1.807) is 0 Å². The van der Waals surface area contributed by atoms with Gasteiger partial charge in [0.25, 0.3) is 0 Å². The van der Waals surface area contributed by atoms with Crippen molar-refractivity contribution in [3.63, 3.8) is 0 Å². The number of nitrogens with one attached hydrogen (secondary N) is 1. The quantitative estimate of drug-likeness (QED) is 0.0872. The molecule has 1 amide bonds. The average molecular weight is 504 g/mol. The molecule has 0 saturated carbocycles. The fourth-order valence-corrected chi connectivity index (χ4v) is 3.52. The van der Waals surface area contributed by atoms with Crippen molar-refractivity contribution < 1.29 is 24.2 Å². The lowest BCUT2D eigenvalue weighted by atomic mass is 10.0. The van der Waals surface area contributed by atoms with Crippen LogP contribution in [0.1, 0.15) is 110 Å². The third kappa shape index (κ3) is 24.5. The lowest BCUT2D eigenvalue weighted by Crippen LogP contribution is -2.28. The van der Waals surface area contributed by atoms with Gasteiger partial charge in [-0.15, -0.1) is 0 Å². The first-order valence-electron chi connectivity index (χ1n) is 13.8. The number of carboxylic acids is 1. The summed E-state index contributed by atoms with van der Waals surface area (Å²) in [6, 6.07) is 0. The van der Waals surface area contributed by atoms with Crippen LogP contribution in [0.2, 0.25) is 0 Å². The molecule has 0 aromatic heterocycles. The molecule has 2 N–H and O–H groups in total. The molecule has 204 valence electrons. The van der Waals surface area contributed by atoms with E-state index in [4.69, 9.17) is 9.84 Å². The van der Waals surface area contributed by atoms with Crippen LogP contribution in [0.3, 0.4) is 0 Å². The molecule has 1 unspecified atom stereocenters. The fraction of sp³-hybridized carbons (Fsp3) is 0.633. The maximum atomic E-state index is 12.3. The number of ether oxygens (including phenoxy) is 1. The highest BCUT2D eigenvalue weighted by Gasteiger charge is 2.14. The SMILES string of the molecule is CC/C=C\C/C=C\C/C=C\C/C=C\CCC(=O)OC(CCCCC)CCCCCC(=O)NCC(=O)O. The molecule has 0 aliphatic rings. The van der Waals surface area contributed by atoms with Gasteiger partial charge in [0.1, 0.15) is 12.6 Å². The number of amides is 1. The summed E-state index contributed by atoms with van der Waals surface area (Å²) in [4.78, 5) is 34.4. The molecule has 1 atom stereocenters. The zero-order valence-corrected chi connectivity index (χ0v) is 22.6. The van der Waals surface area contributed by atoms with Gasteiger partial charge in [-0.1, -0.05) is 81.7 Å². The van der Waals surface area contributed by atoms with E-state index in [-0.39, 0.29) is 24.5 Å². The van der Waals surface area contributed by atoms with Gasteiger partial charge < -0.3 is 15.2 Å². The first kappa shape index (κ1) is 33.4. The molecule has 0 aromatic rings. The van der Waals surface area contributed by atoms with Crippen molar-refractivity contribution in [2.24, 2.45) is 0 Å². The van der Waals surface area contributed by atoms with Crippen LogP contribution < -0.4 is 5.32 Å². The molecule has 6 nitrogen and oxygen atoms in total. The summed E-state index contributed by atoms with van der Waals surface area (Å²) in [7, 11) is 0. The highest BCUT2D eigenvalue weighted by molar-refractivity contribution is 5.80. The largest absolute Gasteiger partial charge is 0.480 e. The molecule has 0 rings (SSSR count). The third-order valence-electron chi connectivity index (χ3n) is 5.53. The summed E-state index contributed by atoms with van der Waals surface area (Å²) < 4.78 is 5.75. The van der Waals surface area contributed by atoms with E-state index >= 15 is 0 Å². The van der Waals surface area contributed by atoms with Crippen molar-refractivity contribution in [2.75, 3.05) is 6.54 Å². The van der Waals surface area contributed by atoms with Crippen molar-refractivity contribution in [1.29, 1.82) is 0 Å². The highest BCUT2D eigenvalue weighted by Crippen LogP contribution is 2.16. The number of hydrogen-bond donors (Lipinski definition) is 2. The second-order valence-electron chi connectivity index (χ2n) is 8.92. The predicted molar refractivity (Wildman–Crippen MR) is 148 cm³/mol. The highest BCUT2D eigenvalue weighted by atomic mass is 16.5. The van der Waals surface area contributed by atoms with Crippen molar-refractivity contribution in [2.45, 2.75) is 116 Å². The Morgan fingerprint density at radius 1 is 0.750 bits per heavy atom. The molecule has 0 spiro atoms. The van der Waals surface area contributed by atoms with Crippen LogP contribution in [0.5, 0.6) is 0 Å². The minimum absolute atomic E-state index is 0.0673. The van der Waals surface area contributed by atoms with E-state index < -0.39 is 5.97 Å². The molecule has 0 aliphatic heterocycles. The number of aliphatic carboxylic acids is 1. The van der Waals surface area contributed by atoms with Crippen LogP contribution in [0.4, 0.5) is 0 Å². The molecular formula is C30H49NO5. The van der Waals surface area contributed by atoms with Gasteiger partial charge in [-0.25, -0.2) is 0 Å². The molecular weight excluding hydrogens is 454 g/mol. The monoisotopic (exact) mass is 503 g/mol. The Hall–Kier alpha value is -2.63. The van der Waals surface area contributed by atoms with Gasteiger partial charge >= 0.3 is 11.9 Å². The molecule has 0 fully saturated rings. The number of unbranched alkanes of at least 4 members (excludes halogenated alkanes) is 4. The smallest absolute Gasteiger partial charge is 0.322 e. The predicted octanol–water partition coefficient (Wildman–Crippen LogP) is 7.22. The number of hydrogen-bond acceptors (Lipinski definition) is 4. The Bertz CT molecular complexity index is 693. The van der Waals surface area contributed by atoms with E-state index in [9.17, 15) is 14.4 Å². The van der Waals surface area contributed by atoms with Crippen LogP contribution in [-0.4, -0.2) is 35.6 Å². The number of carboxylic acid groups (broad SMARTS) is 1. The van der Waals surface area contributed by atoms with Crippen LogP contribution in [0, 0.1) is 0 Å². The molecule has 0 bridgehead atoms. The molecule has 0 heterocycles. The van der Waals surface area contributed by atoms with E-state index in [0.717, 1.165) is 70.6 Å². The van der Waals surface area contributed by atoms with Gasteiger partial charge in [0.2, 0.25) is 5.91 Å². The van der Waals surface area contributed by atoms with E-state index in [1.165, 1.54) is 0 Å². The number of rotatable bonds is 23. The minimum atomic E-state index is -1.04. The molecule has 0 radical (unpaired) electrons. The van der Waals surface area contributed by atoms with Gasteiger partial charge in [0, 0.05) is 12.8 Å². The summed E-state index contributed by atoms with van der Waals surface area (Å²) in [6.07, 6.45) is 29.7. The second kappa shape index (κ2) is 25.5. The summed E-state index contributed by atoms with van der Waals surface area (Å²) >= 11 is 0. The van der Waals surface area contributed by atoms with Crippen LogP contribution in [-0.2, 0) is 19.1 Å². The van der Waals surface area contributed by atoms with Crippen LogP contribution >= 0.6 is 0 Å². The summed E-state index contributed by atoms with van der Waals surface area (Å²) in [5.41, 5.74) is 0. The van der Waals surface area contributed by atoms with Crippen molar-refractivity contribution >= 4 is 17.8 Å². The number of esters is 1. The zero-order valence-electron chi connectivity index (χ0n) is 22.6. The first-order valence-corrected chi connectivity index (χ1v) is 13.8. The Balaban J connectivity index is 4.09. The number of carbonyl (C=O) groups is 3. The first-order chi connectivity index (χ1) is 17.5. The topological polar surface area (TPSA) is 92.7 Å².